The van der Waals surface area contributed by atoms with Crippen molar-refractivity contribution in [1.29, 1.82) is 0 Å². The number of aryl methyl sites for hydroxylation is 2. The van der Waals surface area contributed by atoms with Crippen molar-refractivity contribution in [2.24, 2.45) is 5.73 Å². The van der Waals surface area contributed by atoms with Gasteiger partial charge in [0.05, 0.1) is 0 Å². The Bertz CT molecular complexity index is 598. The summed E-state index contributed by atoms with van der Waals surface area (Å²) in [5.74, 6) is -0.595. The lowest BCUT2D eigenvalue weighted by Gasteiger charge is -2.10. The molecule has 0 unspecified atom stereocenters. The average molecular weight is 291 g/mol. The van der Waals surface area contributed by atoms with Crippen molar-refractivity contribution in [2.45, 2.75) is 33.1 Å². The third-order valence-electron chi connectivity index (χ3n) is 3.38. The summed E-state index contributed by atoms with van der Waals surface area (Å²) in [6.07, 6.45) is 2.05. The predicted octanol–water partition coefficient (Wildman–Crippen LogP) is 2.85. The Hall–Kier alpha value is -1.88. The lowest BCUT2D eigenvalue weighted by Crippen LogP contribution is -2.08. The SMILES string of the molecule is Cc1nc(Cc2cc(F)cc(F)c2)nc(C)c1CCCN. The van der Waals surface area contributed by atoms with Gasteiger partial charge in [-0.3, -0.25) is 0 Å². The minimum Gasteiger partial charge on any atom is -0.330 e. The number of nitrogens with two attached hydrogens (primary N) is 1. The van der Waals surface area contributed by atoms with Crippen LogP contribution in [0.3, 0.4) is 0 Å². The summed E-state index contributed by atoms with van der Waals surface area (Å²) in [7, 11) is 0. The van der Waals surface area contributed by atoms with Crippen LogP contribution in [0.15, 0.2) is 18.2 Å². The van der Waals surface area contributed by atoms with Crippen molar-refractivity contribution >= 4 is 0 Å². The first-order valence-corrected chi connectivity index (χ1v) is 6.97. The van der Waals surface area contributed by atoms with Crippen LogP contribution in [0, 0.1) is 25.5 Å². The van der Waals surface area contributed by atoms with Gasteiger partial charge in [0.1, 0.15) is 17.5 Å². The molecule has 112 valence electrons. The van der Waals surface area contributed by atoms with Crippen LogP contribution in [0.25, 0.3) is 0 Å². The summed E-state index contributed by atoms with van der Waals surface area (Å²) in [6.45, 7) is 4.48. The zero-order chi connectivity index (χ0) is 15.4. The molecule has 3 nitrogen and oxygen atoms in total. The molecule has 21 heavy (non-hydrogen) atoms. The molecule has 0 aliphatic heterocycles. The first-order chi connectivity index (χ1) is 9.99. The predicted molar refractivity (Wildman–Crippen MR) is 78.0 cm³/mol. The fourth-order valence-corrected chi connectivity index (χ4v) is 2.42. The van der Waals surface area contributed by atoms with Crippen molar-refractivity contribution in [3.63, 3.8) is 0 Å². The Labute approximate surface area is 123 Å². The molecule has 0 saturated carbocycles. The lowest BCUT2D eigenvalue weighted by atomic mass is 10.1. The molecular weight excluding hydrogens is 272 g/mol. The largest absolute Gasteiger partial charge is 0.330 e. The Kier molecular flexibility index (Phi) is 4.96. The summed E-state index contributed by atoms with van der Waals surface area (Å²) in [5.41, 5.74) is 8.97. The van der Waals surface area contributed by atoms with E-state index in [4.69, 9.17) is 5.73 Å². The highest BCUT2D eigenvalue weighted by Gasteiger charge is 2.10. The second kappa shape index (κ2) is 6.72. The van der Waals surface area contributed by atoms with Gasteiger partial charge < -0.3 is 5.73 Å². The molecule has 1 aromatic carbocycles. The normalized spacial score (nSPS) is 10.9. The van der Waals surface area contributed by atoms with E-state index in [2.05, 4.69) is 9.97 Å². The highest BCUT2D eigenvalue weighted by atomic mass is 19.1. The van der Waals surface area contributed by atoms with Gasteiger partial charge in [-0.05, 0) is 56.5 Å². The number of benzene rings is 1. The van der Waals surface area contributed by atoms with Gasteiger partial charge in [0, 0.05) is 23.9 Å². The summed E-state index contributed by atoms with van der Waals surface area (Å²) < 4.78 is 26.4. The molecule has 0 fully saturated rings. The van der Waals surface area contributed by atoms with Gasteiger partial charge in [-0.2, -0.15) is 0 Å². The van der Waals surface area contributed by atoms with Crippen LogP contribution in [0.5, 0.6) is 0 Å². The molecule has 0 aliphatic carbocycles. The Morgan fingerprint density at radius 2 is 1.57 bits per heavy atom. The smallest absolute Gasteiger partial charge is 0.133 e. The van der Waals surface area contributed by atoms with Crippen LogP contribution in [-0.4, -0.2) is 16.5 Å². The van der Waals surface area contributed by atoms with Crippen molar-refractivity contribution in [2.75, 3.05) is 6.54 Å². The highest BCUT2D eigenvalue weighted by Crippen LogP contribution is 2.16. The third kappa shape index (κ3) is 4.04. The van der Waals surface area contributed by atoms with Crippen LogP contribution in [0.1, 0.15) is 34.8 Å². The zero-order valence-electron chi connectivity index (χ0n) is 12.3. The molecule has 0 amide bonds. The second-order valence-corrected chi connectivity index (χ2v) is 5.14. The molecule has 5 heteroatoms. The maximum Gasteiger partial charge on any atom is 0.133 e. The average Bonchev–Trinajstić information content (AvgIpc) is 2.36. The van der Waals surface area contributed by atoms with E-state index in [1.807, 2.05) is 13.8 Å². The van der Waals surface area contributed by atoms with Crippen molar-refractivity contribution in [3.8, 4) is 0 Å². The van der Waals surface area contributed by atoms with Gasteiger partial charge in [0.25, 0.3) is 0 Å². The fourth-order valence-electron chi connectivity index (χ4n) is 2.42. The molecule has 0 spiro atoms. The minimum atomic E-state index is -0.585. The lowest BCUT2D eigenvalue weighted by molar-refractivity contribution is 0.580. The first kappa shape index (κ1) is 15.5. The fraction of sp³-hybridized carbons (Fsp3) is 0.375. The van der Waals surface area contributed by atoms with Crippen molar-refractivity contribution < 1.29 is 8.78 Å². The summed E-state index contributed by atoms with van der Waals surface area (Å²) in [5, 5.41) is 0. The zero-order valence-corrected chi connectivity index (χ0v) is 12.3. The van der Waals surface area contributed by atoms with E-state index in [1.165, 1.54) is 12.1 Å². The number of halogens is 2. The van der Waals surface area contributed by atoms with E-state index in [0.717, 1.165) is 35.9 Å². The molecule has 0 aliphatic rings. The van der Waals surface area contributed by atoms with Gasteiger partial charge in [-0.25, -0.2) is 18.7 Å². The monoisotopic (exact) mass is 291 g/mol. The van der Waals surface area contributed by atoms with Gasteiger partial charge in [-0.15, -0.1) is 0 Å². The van der Waals surface area contributed by atoms with Crippen molar-refractivity contribution in [1.82, 2.24) is 9.97 Å². The number of rotatable bonds is 5. The number of aromatic nitrogens is 2. The van der Waals surface area contributed by atoms with Crippen LogP contribution >= 0.6 is 0 Å². The van der Waals surface area contributed by atoms with E-state index in [0.29, 0.717) is 24.4 Å². The maximum atomic E-state index is 13.2. The molecule has 0 saturated heterocycles. The number of nitrogens with zero attached hydrogens (tertiary/aromatic N) is 2. The molecule has 2 aromatic rings. The van der Waals surface area contributed by atoms with E-state index in [-0.39, 0.29) is 0 Å². The Balaban J connectivity index is 2.25. The molecule has 2 rings (SSSR count). The third-order valence-corrected chi connectivity index (χ3v) is 3.38. The van der Waals surface area contributed by atoms with Gasteiger partial charge in [0.15, 0.2) is 0 Å². The second-order valence-electron chi connectivity index (χ2n) is 5.14. The molecule has 0 bridgehead atoms. The van der Waals surface area contributed by atoms with Crippen LogP contribution < -0.4 is 5.73 Å². The Morgan fingerprint density at radius 1 is 1.00 bits per heavy atom. The molecule has 0 radical (unpaired) electrons. The Morgan fingerprint density at radius 3 is 2.10 bits per heavy atom. The minimum absolute atomic E-state index is 0.313. The molecule has 1 aromatic heterocycles. The van der Waals surface area contributed by atoms with Gasteiger partial charge >= 0.3 is 0 Å². The van der Waals surface area contributed by atoms with Gasteiger partial charge in [0.2, 0.25) is 0 Å². The van der Waals surface area contributed by atoms with E-state index < -0.39 is 11.6 Å². The first-order valence-electron chi connectivity index (χ1n) is 6.97. The van der Waals surface area contributed by atoms with E-state index in [1.54, 1.807) is 0 Å². The van der Waals surface area contributed by atoms with Crippen LogP contribution in [-0.2, 0) is 12.8 Å². The quantitative estimate of drug-likeness (QED) is 0.921. The van der Waals surface area contributed by atoms with E-state index >= 15 is 0 Å². The van der Waals surface area contributed by atoms with Crippen LogP contribution in [0.4, 0.5) is 8.78 Å². The molecule has 0 atom stereocenters. The number of hydrogen-bond donors (Lipinski definition) is 1. The highest BCUT2D eigenvalue weighted by molar-refractivity contribution is 5.27. The topological polar surface area (TPSA) is 51.8 Å². The van der Waals surface area contributed by atoms with Crippen LogP contribution in [0.2, 0.25) is 0 Å². The summed E-state index contributed by atoms with van der Waals surface area (Å²) >= 11 is 0. The molecule has 1 heterocycles. The van der Waals surface area contributed by atoms with Gasteiger partial charge in [-0.1, -0.05) is 0 Å². The molecule has 2 N–H and O–H groups in total. The molecular formula is C16H19F2N3. The summed E-state index contributed by atoms with van der Waals surface area (Å²) in [4.78, 5) is 8.89. The van der Waals surface area contributed by atoms with Crippen molar-refractivity contribution in [3.05, 3.63) is 58.2 Å². The summed E-state index contributed by atoms with van der Waals surface area (Å²) in [6, 6.07) is 3.47. The standard InChI is InChI=1S/C16H19F2N3/c1-10-15(4-3-5-19)11(2)21-16(20-10)8-12-6-13(17)9-14(18)7-12/h6-7,9H,3-5,8,19H2,1-2H3. The van der Waals surface area contributed by atoms with E-state index in [9.17, 15) is 8.78 Å². The maximum absolute atomic E-state index is 13.2. The number of hydrogen-bond acceptors (Lipinski definition) is 3.